The number of halogens is 1. The summed E-state index contributed by atoms with van der Waals surface area (Å²) in [6.07, 6.45) is 5.83. The molecule has 1 amide bonds. The van der Waals surface area contributed by atoms with E-state index in [2.05, 4.69) is 15.0 Å². The Kier molecular flexibility index (Phi) is 5.33. The Balaban J connectivity index is 1.53. The first-order valence-corrected chi connectivity index (χ1v) is 10.0. The molecule has 1 aliphatic heterocycles. The molecule has 9 heteroatoms. The zero-order valence-corrected chi connectivity index (χ0v) is 17.5. The van der Waals surface area contributed by atoms with E-state index in [9.17, 15) is 14.0 Å². The normalized spacial score (nSPS) is 21.4. The Hall–Kier alpha value is -3.51. The molecular weight excluding hydrogens is 399 g/mol. The zero-order chi connectivity index (χ0) is 22.3. The Labute approximate surface area is 178 Å². The Morgan fingerprint density at radius 3 is 2.68 bits per heavy atom. The van der Waals surface area contributed by atoms with Crippen molar-refractivity contribution in [2.75, 3.05) is 27.2 Å². The van der Waals surface area contributed by atoms with E-state index in [4.69, 9.17) is 5.26 Å². The highest BCUT2D eigenvalue weighted by Gasteiger charge is 2.32. The SMILES string of the molecule is CC1C=C(C#N)C(F)=CC1c1c[nH]n(-c2ccc(C(=O)N3CC(N(C)C)C3)cn2)c1=O. The summed E-state index contributed by atoms with van der Waals surface area (Å²) in [6.45, 7) is 3.19. The smallest absolute Gasteiger partial charge is 0.276 e. The lowest BCUT2D eigenvalue weighted by atomic mass is 9.83. The summed E-state index contributed by atoms with van der Waals surface area (Å²) in [7, 11) is 3.98. The fourth-order valence-electron chi connectivity index (χ4n) is 3.88. The summed E-state index contributed by atoms with van der Waals surface area (Å²) in [6, 6.07) is 5.44. The van der Waals surface area contributed by atoms with E-state index in [0.29, 0.717) is 36.1 Å². The number of nitriles is 1. The molecule has 8 nitrogen and oxygen atoms in total. The lowest BCUT2D eigenvalue weighted by molar-refractivity contribution is 0.0399. The first-order chi connectivity index (χ1) is 14.8. The van der Waals surface area contributed by atoms with Crippen molar-refractivity contribution >= 4 is 5.91 Å². The number of pyridine rings is 1. The number of aromatic nitrogens is 3. The average Bonchev–Trinajstić information content (AvgIpc) is 3.09. The topological polar surface area (TPSA) is 98.0 Å². The molecule has 1 aliphatic carbocycles. The Morgan fingerprint density at radius 2 is 2.06 bits per heavy atom. The first kappa shape index (κ1) is 20.8. The van der Waals surface area contributed by atoms with Crippen LogP contribution >= 0.6 is 0 Å². The predicted molar refractivity (Wildman–Crippen MR) is 112 cm³/mol. The van der Waals surface area contributed by atoms with Crippen LogP contribution in [0, 0.1) is 17.2 Å². The van der Waals surface area contributed by atoms with Crippen molar-refractivity contribution < 1.29 is 9.18 Å². The standard InChI is InChI=1S/C22H23FN6O2/c1-13-6-15(8-24)19(23)7-17(13)18-10-26-29(22(18)31)20-5-4-14(9-25-20)21(30)28-11-16(12-28)27(2)3/h4-7,9-10,13,16-17,26H,11-12H2,1-3H3. The molecule has 1 fully saturated rings. The fourth-order valence-corrected chi connectivity index (χ4v) is 3.88. The van der Waals surface area contributed by atoms with Gasteiger partial charge in [0.1, 0.15) is 11.9 Å². The van der Waals surface area contributed by atoms with Crippen LogP contribution < -0.4 is 5.56 Å². The molecule has 1 saturated heterocycles. The summed E-state index contributed by atoms with van der Waals surface area (Å²) < 4.78 is 15.4. The average molecular weight is 422 g/mol. The molecule has 31 heavy (non-hydrogen) atoms. The van der Waals surface area contributed by atoms with Gasteiger partial charge >= 0.3 is 0 Å². The molecule has 4 rings (SSSR count). The van der Waals surface area contributed by atoms with Crippen molar-refractivity contribution in [2.24, 2.45) is 5.92 Å². The molecule has 2 aromatic heterocycles. The molecule has 1 N–H and O–H groups in total. The van der Waals surface area contributed by atoms with E-state index in [1.54, 1.807) is 17.0 Å². The number of H-pyrrole nitrogens is 1. The van der Waals surface area contributed by atoms with Gasteiger partial charge in [-0.3, -0.25) is 14.7 Å². The molecule has 0 spiro atoms. The number of amides is 1. The molecule has 0 saturated carbocycles. The van der Waals surface area contributed by atoms with Crippen LogP contribution in [0.25, 0.3) is 5.82 Å². The van der Waals surface area contributed by atoms with Gasteiger partial charge in [-0.2, -0.15) is 5.26 Å². The maximum Gasteiger partial charge on any atom is 0.276 e. The van der Waals surface area contributed by atoms with Crippen molar-refractivity contribution in [1.82, 2.24) is 24.6 Å². The number of hydrogen-bond donors (Lipinski definition) is 1. The number of hydrogen-bond acceptors (Lipinski definition) is 5. The highest BCUT2D eigenvalue weighted by atomic mass is 19.1. The van der Waals surface area contributed by atoms with Crippen LogP contribution in [0.3, 0.4) is 0 Å². The minimum Gasteiger partial charge on any atom is -0.335 e. The van der Waals surface area contributed by atoms with E-state index in [0.717, 1.165) is 0 Å². The monoisotopic (exact) mass is 422 g/mol. The minimum atomic E-state index is -0.624. The van der Waals surface area contributed by atoms with E-state index >= 15 is 0 Å². The summed E-state index contributed by atoms with van der Waals surface area (Å²) >= 11 is 0. The molecule has 2 unspecified atom stereocenters. The highest BCUT2D eigenvalue weighted by Crippen LogP contribution is 2.34. The molecule has 0 aromatic carbocycles. The number of nitrogens with zero attached hydrogens (tertiary/aromatic N) is 5. The number of allylic oxidation sites excluding steroid dienone is 4. The number of carbonyl (C=O) groups is 1. The molecule has 160 valence electrons. The lowest BCUT2D eigenvalue weighted by Gasteiger charge is -2.42. The van der Waals surface area contributed by atoms with Gasteiger partial charge in [0.05, 0.1) is 11.1 Å². The van der Waals surface area contributed by atoms with Crippen LogP contribution in [-0.4, -0.2) is 63.7 Å². The number of aromatic amines is 1. The number of nitrogens with one attached hydrogen (secondary N) is 1. The molecule has 0 radical (unpaired) electrons. The van der Waals surface area contributed by atoms with Crippen molar-refractivity contribution in [1.29, 1.82) is 5.26 Å². The number of carbonyl (C=O) groups excluding carboxylic acids is 1. The van der Waals surface area contributed by atoms with Crippen LogP contribution in [-0.2, 0) is 0 Å². The van der Waals surface area contributed by atoms with Gasteiger partial charge in [-0.15, -0.1) is 0 Å². The van der Waals surface area contributed by atoms with Gasteiger partial charge in [0, 0.05) is 43.0 Å². The summed E-state index contributed by atoms with van der Waals surface area (Å²) in [5.74, 6) is -1.07. The van der Waals surface area contributed by atoms with Crippen LogP contribution in [0.4, 0.5) is 4.39 Å². The van der Waals surface area contributed by atoms with E-state index < -0.39 is 11.7 Å². The van der Waals surface area contributed by atoms with Gasteiger partial charge in [-0.1, -0.05) is 13.0 Å². The second-order valence-electron chi connectivity index (χ2n) is 8.19. The maximum absolute atomic E-state index is 14.1. The minimum absolute atomic E-state index is 0.0133. The fraction of sp³-hybridized carbons (Fsp3) is 0.364. The molecule has 2 aromatic rings. The molecule has 2 atom stereocenters. The van der Waals surface area contributed by atoms with Crippen LogP contribution in [0.1, 0.15) is 28.8 Å². The van der Waals surface area contributed by atoms with Crippen molar-refractivity contribution in [3.05, 3.63) is 69.6 Å². The van der Waals surface area contributed by atoms with Crippen LogP contribution in [0.2, 0.25) is 0 Å². The van der Waals surface area contributed by atoms with Gasteiger partial charge in [-0.25, -0.2) is 14.1 Å². The van der Waals surface area contributed by atoms with E-state index in [1.807, 2.05) is 27.1 Å². The number of likely N-dealkylation sites (N-methyl/N-ethyl adjacent to an activating group) is 1. The van der Waals surface area contributed by atoms with Gasteiger partial charge in [0.2, 0.25) is 0 Å². The van der Waals surface area contributed by atoms with Crippen molar-refractivity contribution in [2.45, 2.75) is 18.9 Å². The van der Waals surface area contributed by atoms with Crippen LogP contribution in [0.5, 0.6) is 0 Å². The maximum atomic E-state index is 14.1. The molecular formula is C22H23FN6O2. The third kappa shape index (κ3) is 3.70. The predicted octanol–water partition coefficient (Wildman–Crippen LogP) is 1.98. The third-order valence-electron chi connectivity index (χ3n) is 5.96. The second kappa shape index (κ2) is 7.96. The molecule has 0 bridgehead atoms. The summed E-state index contributed by atoms with van der Waals surface area (Å²) in [5.41, 5.74) is 0.479. The number of likely N-dealkylation sites (tertiary alicyclic amines) is 1. The van der Waals surface area contributed by atoms with Gasteiger partial charge in [0.15, 0.2) is 5.82 Å². The van der Waals surface area contributed by atoms with E-state index in [-0.39, 0.29) is 23.0 Å². The molecule has 3 heterocycles. The van der Waals surface area contributed by atoms with Gasteiger partial charge < -0.3 is 9.80 Å². The van der Waals surface area contributed by atoms with E-state index in [1.165, 1.54) is 29.2 Å². The summed E-state index contributed by atoms with van der Waals surface area (Å²) in [4.78, 5) is 33.6. The van der Waals surface area contributed by atoms with Crippen LogP contribution in [0.15, 0.2) is 52.9 Å². The van der Waals surface area contributed by atoms with Crippen molar-refractivity contribution in [3.8, 4) is 11.9 Å². The zero-order valence-electron chi connectivity index (χ0n) is 17.5. The molecule has 2 aliphatic rings. The summed E-state index contributed by atoms with van der Waals surface area (Å²) in [5, 5.41) is 11.9. The number of rotatable bonds is 4. The highest BCUT2D eigenvalue weighted by molar-refractivity contribution is 5.94. The quantitative estimate of drug-likeness (QED) is 0.813. The third-order valence-corrected chi connectivity index (χ3v) is 5.96. The van der Waals surface area contributed by atoms with Gasteiger partial charge in [-0.05, 0) is 38.2 Å². The Bertz CT molecular complexity index is 1160. The lowest BCUT2D eigenvalue weighted by Crippen LogP contribution is -2.59. The Morgan fingerprint density at radius 1 is 1.32 bits per heavy atom. The first-order valence-electron chi connectivity index (χ1n) is 10.0. The second-order valence-corrected chi connectivity index (χ2v) is 8.19. The van der Waals surface area contributed by atoms with Crippen molar-refractivity contribution in [3.63, 3.8) is 0 Å². The van der Waals surface area contributed by atoms with Gasteiger partial charge in [0.25, 0.3) is 11.5 Å². The largest absolute Gasteiger partial charge is 0.335 e.